The quantitative estimate of drug-likeness (QED) is 0.689. The van der Waals surface area contributed by atoms with E-state index in [4.69, 9.17) is 0 Å². The first kappa shape index (κ1) is 9.31. The van der Waals surface area contributed by atoms with Crippen LogP contribution < -0.4 is 5.76 Å². The minimum absolute atomic E-state index is 0.00965. The molecular weight excluding hydrogens is 228 g/mol. The van der Waals surface area contributed by atoms with Crippen molar-refractivity contribution in [3.63, 3.8) is 0 Å². The zero-order valence-electron chi connectivity index (χ0n) is 6.58. The number of hydrogen-bond donors (Lipinski definition) is 0. The molecule has 0 bridgehead atoms. The molecule has 74 valence electrons. The van der Waals surface area contributed by atoms with Gasteiger partial charge in [0.2, 0.25) is 0 Å². The summed E-state index contributed by atoms with van der Waals surface area (Å²) in [5.74, 6) is -1.02. The van der Waals surface area contributed by atoms with Gasteiger partial charge in [0.1, 0.15) is 0 Å². The molecule has 0 spiro atoms. The maximum absolute atomic E-state index is 10.9. The fraction of sp³-hybridized carbons (Fsp3) is 0. The Hall–Kier alpha value is -1.25. The molecule has 0 saturated carbocycles. The molecule has 0 aromatic carbocycles. The predicted octanol–water partition coefficient (Wildman–Crippen LogP) is 0.207. The average molecular weight is 231 g/mol. The van der Waals surface area contributed by atoms with E-state index in [0.717, 1.165) is 0 Å². The van der Waals surface area contributed by atoms with E-state index in [1.807, 2.05) is 0 Å². The minimum atomic E-state index is -2.70. The lowest BCUT2D eigenvalue weighted by molar-refractivity contribution is 0.384. The van der Waals surface area contributed by atoms with Gasteiger partial charge in [-0.05, 0) is 11.4 Å². The van der Waals surface area contributed by atoms with Gasteiger partial charge >= 0.3 is 5.76 Å². The lowest BCUT2D eigenvalue weighted by Crippen LogP contribution is -2.18. The van der Waals surface area contributed by atoms with Gasteiger partial charge in [0, 0.05) is 10.9 Å². The largest absolute Gasteiger partial charge is 0.755 e. The van der Waals surface area contributed by atoms with E-state index in [0.29, 0.717) is 9.54 Å². The molecule has 0 radical (unpaired) electrons. The van der Waals surface area contributed by atoms with E-state index in [9.17, 15) is 13.6 Å². The van der Waals surface area contributed by atoms with Crippen LogP contribution in [0.5, 0.6) is 0 Å². The predicted molar refractivity (Wildman–Crippen MR) is 48.4 cm³/mol. The molecule has 14 heavy (non-hydrogen) atoms. The highest BCUT2D eigenvalue weighted by Gasteiger charge is 2.13. The Kier molecular flexibility index (Phi) is 2.32. The monoisotopic (exact) mass is 231 g/mol. The third-order valence-electron chi connectivity index (χ3n) is 1.50. The summed E-state index contributed by atoms with van der Waals surface area (Å²) >= 11 is -1.34. The Morgan fingerprint density at radius 1 is 1.64 bits per heavy atom. The van der Waals surface area contributed by atoms with Crippen molar-refractivity contribution in [2.24, 2.45) is 0 Å². The summed E-state index contributed by atoms with van der Waals surface area (Å²) in [6.07, 6.45) is 0. The highest BCUT2D eigenvalue weighted by molar-refractivity contribution is 7.77. The van der Waals surface area contributed by atoms with Gasteiger partial charge < -0.3 is 4.55 Å². The number of aromatic nitrogens is 2. The van der Waals surface area contributed by atoms with Crippen molar-refractivity contribution >= 4 is 22.6 Å². The molecule has 6 nitrogen and oxygen atoms in total. The molecule has 0 fully saturated rings. The number of thiophene rings is 1. The van der Waals surface area contributed by atoms with E-state index in [-0.39, 0.29) is 5.82 Å². The Labute approximate surface area is 84.2 Å². The van der Waals surface area contributed by atoms with Crippen LogP contribution in [0.4, 0.5) is 0 Å². The highest BCUT2D eigenvalue weighted by atomic mass is 32.2. The van der Waals surface area contributed by atoms with E-state index in [1.54, 1.807) is 16.8 Å². The molecule has 0 amide bonds. The second-order valence-electron chi connectivity index (χ2n) is 2.30. The first-order valence-corrected chi connectivity index (χ1v) is 5.38. The number of nitrogens with zero attached hydrogens (tertiary/aromatic N) is 2. The molecule has 0 N–H and O–H groups in total. The fourth-order valence-electron chi connectivity index (χ4n) is 0.936. The van der Waals surface area contributed by atoms with Crippen LogP contribution in [0.15, 0.2) is 26.1 Å². The van der Waals surface area contributed by atoms with Crippen LogP contribution >= 0.6 is 11.3 Å². The Morgan fingerprint density at radius 2 is 2.43 bits per heavy atom. The van der Waals surface area contributed by atoms with Gasteiger partial charge in [0.05, 0.1) is 11.3 Å². The van der Waals surface area contributed by atoms with Crippen LogP contribution in [0.25, 0.3) is 11.4 Å². The molecular formula is C6H3N2O4S2-. The second kappa shape index (κ2) is 3.48. The summed E-state index contributed by atoms with van der Waals surface area (Å²) in [5, 5.41) is 6.78. The smallest absolute Gasteiger partial charge is 0.453 e. The summed E-state index contributed by atoms with van der Waals surface area (Å²) in [6, 6.07) is 1.64. The van der Waals surface area contributed by atoms with E-state index in [2.05, 4.69) is 9.68 Å². The summed E-state index contributed by atoms with van der Waals surface area (Å²) in [7, 11) is 0. The van der Waals surface area contributed by atoms with Crippen LogP contribution in [0, 0.1) is 0 Å². The summed E-state index contributed by atoms with van der Waals surface area (Å²) in [4.78, 5) is 10.9. The third-order valence-corrected chi connectivity index (χ3v) is 2.80. The minimum Gasteiger partial charge on any atom is -0.755 e. The van der Waals surface area contributed by atoms with Crippen molar-refractivity contribution in [3.8, 4) is 11.4 Å². The van der Waals surface area contributed by atoms with Gasteiger partial charge in [-0.15, -0.1) is 0 Å². The molecule has 2 rings (SSSR count). The van der Waals surface area contributed by atoms with Crippen LogP contribution in [0.2, 0.25) is 0 Å². The Morgan fingerprint density at radius 3 is 3.00 bits per heavy atom. The van der Waals surface area contributed by atoms with Crippen LogP contribution in [-0.2, 0) is 11.3 Å². The van der Waals surface area contributed by atoms with Crippen LogP contribution in [0.3, 0.4) is 0 Å². The summed E-state index contributed by atoms with van der Waals surface area (Å²) in [5.41, 5.74) is 0.532. The van der Waals surface area contributed by atoms with Gasteiger partial charge in [0.15, 0.2) is 5.82 Å². The molecule has 0 aliphatic carbocycles. The van der Waals surface area contributed by atoms with Gasteiger partial charge in [-0.25, -0.2) is 4.79 Å². The maximum Gasteiger partial charge on any atom is 0.453 e. The lowest BCUT2D eigenvalue weighted by atomic mass is 10.3. The van der Waals surface area contributed by atoms with Crippen molar-refractivity contribution in [1.82, 2.24) is 9.13 Å². The molecule has 2 aromatic heterocycles. The SMILES string of the molecule is O=c1onc(-c2ccsc2)n1S(=O)[O-]. The van der Waals surface area contributed by atoms with E-state index in [1.165, 1.54) is 11.3 Å². The molecule has 0 saturated heterocycles. The molecule has 8 heteroatoms. The third kappa shape index (κ3) is 1.43. The average Bonchev–Trinajstić information content (AvgIpc) is 2.70. The topological polar surface area (TPSA) is 88.2 Å². The zero-order chi connectivity index (χ0) is 10.1. The van der Waals surface area contributed by atoms with Crippen molar-refractivity contribution in [1.29, 1.82) is 0 Å². The Balaban J connectivity index is 2.66. The lowest BCUT2D eigenvalue weighted by Gasteiger charge is -2.04. The van der Waals surface area contributed by atoms with Gasteiger partial charge in [-0.1, -0.05) is 5.16 Å². The Bertz CT molecular complexity index is 512. The first-order chi connectivity index (χ1) is 6.70. The van der Waals surface area contributed by atoms with Crippen LogP contribution in [0.1, 0.15) is 0 Å². The zero-order valence-corrected chi connectivity index (χ0v) is 8.21. The molecule has 2 aromatic rings. The van der Waals surface area contributed by atoms with E-state index >= 15 is 0 Å². The van der Waals surface area contributed by atoms with Crippen molar-refractivity contribution < 1.29 is 13.3 Å². The maximum atomic E-state index is 10.9. The van der Waals surface area contributed by atoms with Gasteiger partial charge in [-0.2, -0.15) is 15.3 Å². The van der Waals surface area contributed by atoms with Crippen molar-refractivity contribution in [2.75, 3.05) is 0 Å². The standard InChI is InChI=1S/C6H4N2O4S2/c9-6-8(14(10)11)5(7-12-6)4-1-2-13-3-4/h1-3H,(H,10,11)/p-1. The van der Waals surface area contributed by atoms with Crippen molar-refractivity contribution in [3.05, 3.63) is 27.4 Å². The first-order valence-electron chi connectivity index (χ1n) is 3.41. The van der Waals surface area contributed by atoms with Crippen LogP contribution in [-0.4, -0.2) is 17.9 Å². The van der Waals surface area contributed by atoms with Crippen molar-refractivity contribution in [2.45, 2.75) is 0 Å². The van der Waals surface area contributed by atoms with E-state index < -0.39 is 17.0 Å². The number of rotatable bonds is 2. The van der Waals surface area contributed by atoms with Gasteiger partial charge in [0.25, 0.3) is 0 Å². The summed E-state index contributed by atoms with van der Waals surface area (Å²) < 4.78 is 26.0. The summed E-state index contributed by atoms with van der Waals surface area (Å²) in [6.45, 7) is 0. The fourth-order valence-corrected chi connectivity index (χ4v) is 2.01. The molecule has 2 heterocycles. The number of hydrogen-bond acceptors (Lipinski definition) is 6. The molecule has 0 aliphatic rings. The molecule has 1 unspecified atom stereocenters. The molecule has 0 aliphatic heterocycles. The molecule has 1 atom stereocenters. The highest BCUT2D eigenvalue weighted by Crippen LogP contribution is 2.18. The second-order valence-corrected chi connectivity index (χ2v) is 3.88. The van der Waals surface area contributed by atoms with Gasteiger partial charge in [-0.3, -0.25) is 8.73 Å². The normalized spacial score (nSPS) is 12.9.